The van der Waals surface area contributed by atoms with E-state index in [2.05, 4.69) is 34.3 Å². The summed E-state index contributed by atoms with van der Waals surface area (Å²) in [5.74, 6) is 1.46. The van der Waals surface area contributed by atoms with Crippen molar-refractivity contribution in [2.24, 2.45) is 0 Å². The Bertz CT molecular complexity index is 586. The Morgan fingerprint density at radius 1 is 1.35 bits per heavy atom. The fraction of sp³-hybridized carbons (Fsp3) is 0.357. The van der Waals surface area contributed by atoms with E-state index >= 15 is 0 Å². The van der Waals surface area contributed by atoms with Gasteiger partial charge in [-0.3, -0.25) is 9.89 Å². The summed E-state index contributed by atoms with van der Waals surface area (Å²) < 4.78 is 0. The van der Waals surface area contributed by atoms with Gasteiger partial charge < -0.3 is 10.2 Å². The van der Waals surface area contributed by atoms with E-state index in [0.717, 1.165) is 11.5 Å². The molecular weight excluding hydrogens is 254 g/mol. The molecular formula is C14H19N5O. The van der Waals surface area contributed by atoms with Crippen LogP contribution in [-0.2, 0) is 0 Å². The number of pyridine rings is 1. The van der Waals surface area contributed by atoms with Crippen molar-refractivity contribution in [3.8, 4) is 0 Å². The van der Waals surface area contributed by atoms with Gasteiger partial charge in [-0.25, -0.2) is 4.98 Å². The van der Waals surface area contributed by atoms with E-state index in [1.807, 2.05) is 25.1 Å². The summed E-state index contributed by atoms with van der Waals surface area (Å²) in [7, 11) is 3.80. The number of nitrogens with zero attached hydrogens (tertiary/aromatic N) is 3. The molecule has 0 spiro atoms. The third-order valence-corrected chi connectivity index (χ3v) is 2.93. The first-order valence-corrected chi connectivity index (χ1v) is 6.47. The molecule has 2 rings (SSSR count). The Morgan fingerprint density at radius 2 is 2.10 bits per heavy atom. The highest BCUT2D eigenvalue weighted by Gasteiger charge is 2.10. The van der Waals surface area contributed by atoms with E-state index in [0.29, 0.717) is 17.3 Å². The van der Waals surface area contributed by atoms with Crippen LogP contribution in [0.1, 0.15) is 35.8 Å². The highest BCUT2D eigenvalue weighted by molar-refractivity contribution is 6.03. The summed E-state index contributed by atoms with van der Waals surface area (Å²) >= 11 is 0. The Hall–Kier alpha value is -2.37. The van der Waals surface area contributed by atoms with E-state index in [1.54, 1.807) is 18.3 Å². The standard InChI is InChI=1S/C14H19N5O/c1-9(2)11-7-12(18-17-11)16-14(20)10-5-6-13(15-8-10)19(3)4/h5-9H,1-4H3,(H2,16,17,18,20). The zero-order valence-corrected chi connectivity index (χ0v) is 12.1. The van der Waals surface area contributed by atoms with Gasteiger partial charge in [0, 0.05) is 32.1 Å². The first-order valence-electron chi connectivity index (χ1n) is 6.47. The number of rotatable bonds is 4. The second-order valence-electron chi connectivity index (χ2n) is 5.12. The van der Waals surface area contributed by atoms with Crippen LogP contribution in [0, 0.1) is 0 Å². The van der Waals surface area contributed by atoms with Gasteiger partial charge in [-0.1, -0.05) is 13.8 Å². The number of hydrogen-bond donors (Lipinski definition) is 2. The predicted octanol–water partition coefficient (Wildman–Crippen LogP) is 2.25. The van der Waals surface area contributed by atoms with E-state index in [9.17, 15) is 4.79 Å². The highest BCUT2D eigenvalue weighted by atomic mass is 16.1. The Morgan fingerprint density at radius 3 is 2.60 bits per heavy atom. The third-order valence-electron chi connectivity index (χ3n) is 2.93. The molecule has 2 aromatic rings. The first kappa shape index (κ1) is 14.0. The van der Waals surface area contributed by atoms with Crippen molar-refractivity contribution in [1.82, 2.24) is 15.2 Å². The van der Waals surface area contributed by atoms with Crippen LogP contribution in [0.15, 0.2) is 24.4 Å². The van der Waals surface area contributed by atoms with E-state index in [-0.39, 0.29) is 5.91 Å². The largest absolute Gasteiger partial charge is 0.363 e. The van der Waals surface area contributed by atoms with Crippen molar-refractivity contribution >= 4 is 17.5 Å². The van der Waals surface area contributed by atoms with E-state index in [1.165, 1.54) is 0 Å². The van der Waals surface area contributed by atoms with Crippen molar-refractivity contribution in [3.05, 3.63) is 35.7 Å². The van der Waals surface area contributed by atoms with Crippen molar-refractivity contribution < 1.29 is 4.79 Å². The lowest BCUT2D eigenvalue weighted by Gasteiger charge is -2.10. The number of hydrogen-bond acceptors (Lipinski definition) is 4. The second-order valence-corrected chi connectivity index (χ2v) is 5.12. The van der Waals surface area contributed by atoms with Crippen LogP contribution in [0.5, 0.6) is 0 Å². The lowest BCUT2D eigenvalue weighted by molar-refractivity contribution is 0.102. The summed E-state index contributed by atoms with van der Waals surface area (Å²) in [4.78, 5) is 18.1. The molecule has 6 heteroatoms. The normalized spacial score (nSPS) is 10.7. The molecule has 0 atom stereocenters. The number of nitrogens with one attached hydrogen (secondary N) is 2. The topological polar surface area (TPSA) is 73.9 Å². The number of H-pyrrole nitrogens is 1. The summed E-state index contributed by atoms with van der Waals surface area (Å²) in [5, 5.41) is 9.71. The zero-order valence-electron chi connectivity index (χ0n) is 12.1. The number of aromatic nitrogens is 3. The molecule has 2 N–H and O–H groups in total. The van der Waals surface area contributed by atoms with Crippen molar-refractivity contribution in [2.75, 3.05) is 24.3 Å². The minimum Gasteiger partial charge on any atom is -0.363 e. The van der Waals surface area contributed by atoms with Crippen LogP contribution in [0.2, 0.25) is 0 Å². The van der Waals surface area contributed by atoms with Crippen LogP contribution < -0.4 is 10.2 Å². The lowest BCUT2D eigenvalue weighted by Crippen LogP contribution is -2.14. The van der Waals surface area contributed by atoms with Gasteiger partial charge in [-0.05, 0) is 18.1 Å². The molecule has 0 saturated heterocycles. The average Bonchev–Trinajstić information content (AvgIpc) is 2.87. The van der Waals surface area contributed by atoms with Gasteiger partial charge in [0.05, 0.1) is 5.56 Å². The van der Waals surface area contributed by atoms with Crippen LogP contribution in [-0.4, -0.2) is 35.2 Å². The number of amides is 1. The minimum atomic E-state index is -0.218. The average molecular weight is 273 g/mol. The van der Waals surface area contributed by atoms with Gasteiger partial charge in [0.15, 0.2) is 5.82 Å². The molecule has 0 aromatic carbocycles. The first-order chi connectivity index (χ1) is 9.47. The SMILES string of the molecule is CC(C)c1cc(NC(=O)c2ccc(N(C)C)nc2)n[nH]1. The fourth-order valence-electron chi connectivity index (χ4n) is 1.67. The summed E-state index contributed by atoms with van der Waals surface area (Å²) in [5.41, 5.74) is 1.49. The zero-order chi connectivity index (χ0) is 14.7. The van der Waals surface area contributed by atoms with Crippen LogP contribution >= 0.6 is 0 Å². The molecule has 0 bridgehead atoms. The Labute approximate surface area is 118 Å². The van der Waals surface area contributed by atoms with Crippen LogP contribution in [0.3, 0.4) is 0 Å². The van der Waals surface area contributed by atoms with Crippen LogP contribution in [0.4, 0.5) is 11.6 Å². The molecule has 0 unspecified atom stereocenters. The minimum absolute atomic E-state index is 0.218. The van der Waals surface area contributed by atoms with Crippen molar-refractivity contribution in [3.63, 3.8) is 0 Å². The molecule has 2 heterocycles. The van der Waals surface area contributed by atoms with Gasteiger partial charge in [0.25, 0.3) is 5.91 Å². The van der Waals surface area contributed by atoms with Gasteiger partial charge in [0.2, 0.25) is 0 Å². The fourth-order valence-corrected chi connectivity index (χ4v) is 1.67. The van der Waals surface area contributed by atoms with Gasteiger partial charge >= 0.3 is 0 Å². The monoisotopic (exact) mass is 273 g/mol. The number of carbonyl (C=O) groups is 1. The van der Waals surface area contributed by atoms with Gasteiger partial charge in [-0.15, -0.1) is 0 Å². The molecule has 0 aliphatic carbocycles. The van der Waals surface area contributed by atoms with Gasteiger partial charge in [-0.2, -0.15) is 5.10 Å². The lowest BCUT2D eigenvalue weighted by atomic mass is 10.1. The quantitative estimate of drug-likeness (QED) is 0.896. The molecule has 0 radical (unpaired) electrons. The molecule has 106 valence electrons. The van der Waals surface area contributed by atoms with Crippen LogP contribution in [0.25, 0.3) is 0 Å². The number of carbonyl (C=O) groups excluding carboxylic acids is 1. The molecule has 1 amide bonds. The molecule has 20 heavy (non-hydrogen) atoms. The third kappa shape index (κ3) is 3.14. The molecule has 0 aliphatic rings. The van der Waals surface area contributed by atoms with Crippen molar-refractivity contribution in [2.45, 2.75) is 19.8 Å². The highest BCUT2D eigenvalue weighted by Crippen LogP contribution is 2.15. The Balaban J connectivity index is 2.07. The summed E-state index contributed by atoms with van der Waals surface area (Å²) in [6, 6.07) is 5.39. The maximum Gasteiger partial charge on any atom is 0.258 e. The molecule has 0 fully saturated rings. The number of aromatic amines is 1. The summed E-state index contributed by atoms with van der Waals surface area (Å²) in [6.07, 6.45) is 1.56. The predicted molar refractivity (Wildman–Crippen MR) is 79.2 cm³/mol. The molecule has 0 aliphatic heterocycles. The number of anilines is 2. The summed E-state index contributed by atoms with van der Waals surface area (Å²) in [6.45, 7) is 4.12. The maximum atomic E-state index is 12.1. The van der Waals surface area contributed by atoms with Crippen molar-refractivity contribution in [1.29, 1.82) is 0 Å². The smallest absolute Gasteiger partial charge is 0.258 e. The molecule has 2 aromatic heterocycles. The van der Waals surface area contributed by atoms with Gasteiger partial charge in [0.1, 0.15) is 5.82 Å². The Kier molecular flexibility index (Phi) is 4.02. The molecule has 6 nitrogen and oxygen atoms in total. The second kappa shape index (κ2) is 5.73. The van der Waals surface area contributed by atoms with E-state index in [4.69, 9.17) is 0 Å². The maximum absolute atomic E-state index is 12.1. The molecule has 0 saturated carbocycles. The van der Waals surface area contributed by atoms with E-state index < -0.39 is 0 Å².